The Balaban J connectivity index is 1.51. The first-order chi connectivity index (χ1) is 13.6. The average molecular weight is 377 g/mol. The highest BCUT2D eigenvalue weighted by Crippen LogP contribution is 2.35. The van der Waals surface area contributed by atoms with Gasteiger partial charge in [0.05, 0.1) is 11.7 Å². The van der Waals surface area contributed by atoms with Gasteiger partial charge in [-0.3, -0.25) is 9.80 Å². The van der Waals surface area contributed by atoms with Crippen molar-refractivity contribution in [3.05, 3.63) is 66.2 Å². The maximum atomic E-state index is 12.7. The minimum atomic E-state index is -0.836. The molecule has 1 aliphatic carbocycles. The molecule has 4 rings (SSSR count). The van der Waals surface area contributed by atoms with E-state index in [0.717, 1.165) is 24.1 Å². The molecule has 2 aromatic rings. The fraction of sp³-hybridized carbons (Fsp3) is 0.318. The Morgan fingerprint density at radius 2 is 1.71 bits per heavy atom. The first kappa shape index (κ1) is 18.2. The second-order valence-corrected chi connectivity index (χ2v) is 7.19. The molecule has 2 unspecified atom stereocenters. The lowest BCUT2D eigenvalue weighted by atomic mass is 10.0. The van der Waals surface area contributed by atoms with Gasteiger partial charge in [0.25, 0.3) is 5.91 Å². The van der Waals surface area contributed by atoms with Crippen LogP contribution in [-0.2, 0) is 14.3 Å². The van der Waals surface area contributed by atoms with Crippen LogP contribution in [0.25, 0.3) is 0 Å². The molecule has 6 heteroatoms. The summed E-state index contributed by atoms with van der Waals surface area (Å²) in [5.41, 5.74) is 2.29. The van der Waals surface area contributed by atoms with E-state index in [1.165, 1.54) is 0 Å². The van der Waals surface area contributed by atoms with Crippen LogP contribution in [0.15, 0.2) is 65.8 Å². The van der Waals surface area contributed by atoms with Crippen molar-refractivity contribution in [1.82, 2.24) is 5.32 Å². The lowest BCUT2D eigenvalue weighted by molar-refractivity contribution is -0.148. The summed E-state index contributed by atoms with van der Waals surface area (Å²) in [6, 6.07) is 19.8. The summed E-state index contributed by atoms with van der Waals surface area (Å²) in [7, 11) is 0. The lowest BCUT2D eigenvalue weighted by Gasteiger charge is -2.23. The van der Waals surface area contributed by atoms with Crippen molar-refractivity contribution in [3.63, 3.8) is 0 Å². The number of esters is 1. The van der Waals surface area contributed by atoms with Gasteiger partial charge in [0.15, 0.2) is 6.10 Å². The number of hydrazone groups is 1. The number of rotatable bonds is 6. The first-order valence-corrected chi connectivity index (χ1v) is 9.60. The van der Waals surface area contributed by atoms with E-state index in [1.54, 1.807) is 6.92 Å². The van der Waals surface area contributed by atoms with Gasteiger partial charge >= 0.3 is 5.97 Å². The highest BCUT2D eigenvalue weighted by molar-refractivity contribution is 6.37. The van der Waals surface area contributed by atoms with Crippen LogP contribution < -0.4 is 10.3 Å². The Morgan fingerprint density at radius 3 is 2.36 bits per heavy atom. The second kappa shape index (κ2) is 7.84. The van der Waals surface area contributed by atoms with E-state index in [4.69, 9.17) is 4.74 Å². The van der Waals surface area contributed by atoms with Gasteiger partial charge in [0.2, 0.25) is 0 Å². The zero-order valence-corrected chi connectivity index (χ0v) is 15.7. The first-order valence-electron chi connectivity index (χ1n) is 9.60. The molecule has 1 aliphatic heterocycles. The van der Waals surface area contributed by atoms with Gasteiger partial charge in [0.1, 0.15) is 5.71 Å². The number of hydrogen-bond donors (Lipinski definition) is 1. The van der Waals surface area contributed by atoms with Crippen molar-refractivity contribution in [3.8, 4) is 0 Å². The van der Waals surface area contributed by atoms with Crippen molar-refractivity contribution in [2.24, 2.45) is 5.10 Å². The number of carbonyl (C=O) groups excluding carboxylic acids is 2. The zero-order chi connectivity index (χ0) is 19.5. The predicted octanol–water partition coefficient (Wildman–Crippen LogP) is 3.20. The van der Waals surface area contributed by atoms with Crippen molar-refractivity contribution >= 4 is 23.3 Å². The molecule has 0 radical (unpaired) electrons. The number of hydrogen-bond acceptors (Lipinski definition) is 5. The Labute approximate surface area is 164 Å². The molecule has 2 aromatic carbocycles. The fourth-order valence-electron chi connectivity index (χ4n) is 3.22. The third-order valence-corrected chi connectivity index (χ3v) is 4.93. The minimum Gasteiger partial charge on any atom is -0.448 e. The van der Waals surface area contributed by atoms with Crippen LogP contribution in [0.1, 0.15) is 37.8 Å². The molecule has 1 heterocycles. The molecule has 6 nitrogen and oxygen atoms in total. The monoisotopic (exact) mass is 377 g/mol. The summed E-state index contributed by atoms with van der Waals surface area (Å²) in [6.07, 6.45) is 1.57. The van der Waals surface area contributed by atoms with Gasteiger partial charge in [-0.25, -0.2) is 4.79 Å². The maximum absolute atomic E-state index is 12.7. The average Bonchev–Trinajstić information content (AvgIpc) is 3.42. The number of ether oxygens (including phenoxy) is 1. The van der Waals surface area contributed by atoms with Gasteiger partial charge in [-0.1, -0.05) is 48.5 Å². The van der Waals surface area contributed by atoms with E-state index in [0.29, 0.717) is 12.1 Å². The maximum Gasteiger partial charge on any atom is 0.355 e. The third kappa shape index (κ3) is 4.06. The van der Waals surface area contributed by atoms with Crippen LogP contribution in [0.4, 0.5) is 5.69 Å². The SMILES string of the molecule is CC(OC(=O)C1=NN(c2ccccc2)C(c2ccccc2)C1)C(=O)NC1CC1. The van der Waals surface area contributed by atoms with Crippen LogP contribution in [0.3, 0.4) is 0 Å². The molecule has 1 fully saturated rings. The summed E-state index contributed by atoms with van der Waals surface area (Å²) < 4.78 is 5.38. The molecule has 1 N–H and O–H groups in total. The van der Waals surface area contributed by atoms with Crippen LogP contribution in [-0.4, -0.2) is 29.7 Å². The third-order valence-electron chi connectivity index (χ3n) is 4.93. The number of amides is 1. The number of nitrogens with one attached hydrogen (secondary N) is 1. The zero-order valence-electron chi connectivity index (χ0n) is 15.7. The number of benzene rings is 2. The summed E-state index contributed by atoms with van der Waals surface area (Å²) in [5, 5.41) is 9.25. The summed E-state index contributed by atoms with van der Waals surface area (Å²) in [5.74, 6) is -0.799. The van der Waals surface area contributed by atoms with E-state index in [2.05, 4.69) is 10.4 Å². The molecule has 0 saturated heterocycles. The van der Waals surface area contributed by atoms with E-state index in [1.807, 2.05) is 65.7 Å². The Morgan fingerprint density at radius 1 is 1.07 bits per heavy atom. The smallest absolute Gasteiger partial charge is 0.355 e. The summed E-state index contributed by atoms with van der Waals surface area (Å²) in [6.45, 7) is 1.59. The number of nitrogens with zero attached hydrogens (tertiary/aromatic N) is 2. The molecule has 28 heavy (non-hydrogen) atoms. The number of para-hydroxylation sites is 1. The van der Waals surface area contributed by atoms with Crippen LogP contribution >= 0.6 is 0 Å². The van der Waals surface area contributed by atoms with Gasteiger partial charge < -0.3 is 10.1 Å². The van der Waals surface area contributed by atoms with Crippen molar-refractivity contribution in [1.29, 1.82) is 0 Å². The standard InChI is InChI=1S/C22H23N3O3/c1-15(21(26)23-17-12-13-17)28-22(27)19-14-20(16-8-4-2-5-9-16)25(24-19)18-10-6-3-7-11-18/h2-11,15,17,20H,12-14H2,1H3,(H,23,26). The van der Waals surface area contributed by atoms with E-state index in [-0.39, 0.29) is 18.0 Å². The molecule has 1 amide bonds. The second-order valence-electron chi connectivity index (χ2n) is 7.19. The molecular formula is C22H23N3O3. The Bertz CT molecular complexity index is 878. The van der Waals surface area contributed by atoms with Gasteiger partial charge in [0, 0.05) is 12.5 Å². The molecule has 144 valence electrons. The predicted molar refractivity (Wildman–Crippen MR) is 107 cm³/mol. The molecule has 0 bridgehead atoms. The number of anilines is 1. The summed E-state index contributed by atoms with van der Waals surface area (Å²) in [4.78, 5) is 24.7. The summed E-state index contributed by atoms with van der Waals surface area (Å²) >= 11 is 0. The molecule has 0 spiro atoms. The minimum absolute atomic E-state index is 0.0956. The highest BCUT2D eigenvalue weighted by Gasteiger charge is 2.35. The van der Waals surface area contributed by atoms with Crippen molar-refractivity contribution in [2.75, 3.05) is 5.01 Å². The van der Waals surface area contributed by atoms with Crippen molar-refractivity contribution in [2.45, 2.75) is 44.4 Å². The van der Waals surface area contributed by atoms with Crippen molar-refractivity contribution < 1.29 is 14.3 Å². The topological polar surface area (TPSA) is 71.0 Å². The quantitative estimate of drug-likeness (QED) is 0.785. The van der Waals surface area contributed by atoms with Crippen LogP contribution in [0.5, 0.6) is 0 Å². The number of carbonyl (C=O) groups is 2. The van der Waals surface area contributed by atoms with Crippen LogP contribution in [0.2, 0.25) is 0 Å². The Hall–Kier alpha value is -3.15. The van der Waals surface area contributed by atoms with Crippen LogP contribution in [0, 0.1) is 0 Å². The van der Waals surface area contributed by atoms with Gasteiger partial charge in [-0.05, 0) is 37.5 Å². The van der Waals surface area contributed by atoms with E-state index >= 15 is 0 Å². The largest absolute Gasteiger partial charge is 0.448 e. The molecule has 2 aliphatic rings. The Kier molecular flexibility index (Phi) is 5.10. The molecule has 2 atom stereocenters. The van der Waals surface area contributed by atoms with Gasteiger partial charge in [-0.15, -0.1) is 0 Å². The molecular weight excluding hydrogens is 354 g/mol. The van der Waals surface area contributed by atoms with Gasteiger partial charge in [-0.2, -0.15) is 5.10 Å². The van der Waals surface area contributed by atoms with E-state index in [9.17, 15) is 9.59 Å². The molecule has 1 saturated carbocycles. The highest BCUT2D eigenvalue weighted by atomic mass is 16.5. The van der Waals surface area contributed by atoms with E-state index < -0.39 is 12.1 Å². The normalized spacial score (nSPS) is 19.7. The fourth-order valence-corrected chi connectivity index (χ4v) is 3.22. The lowest BCUT2D eigenvalue weighted by Crippen LogP contribution is -2.38. The molecule has 0 aromatic heterocycles.